The molecule has 116 valence electrons. The molecule has 3 aromatic carbocycles. The van der Waals surface area contributed by atoms with E-state index in [9.17, 15) is 4.79 Å². The van der Waals surface area contributed by atoms with Crippen LogP contribution in [0.2, 0.25) is 0 Å². The van der Waals surface area contributed by atoms with Crippen LogP contribution in [0.1, 0.15) is 18.1 Å². The van der Waals surface area contributed by atoms with Crippen LogP contribution in [0.15, 0.2) is 72.8 Å². The van der Waals surface area contributed by atoms with Crippen molar-refractivity contribution < 1.29 is 4.79 Å². The molecule has 3 heteroatoms. The van der Waals surface area contributed by atoms with Crippen molar-refractivity contribution in [2.45, 2.75) is 19.0 Å². The summed E-state index contributed by atoms with van der Waals surface area (Å²) in [5.41, 5.74) is 7.20. The largest absolute Gasteiger partial charge is 0.350 e. The zero-order valence-electron chi connectivity index (χ0n) is 13.1. The van der Waals surface area contributed by atoms with Crippen LogP contribution in [0.3, 0.4) is 0 Å². The molecule has 0 heterocycles. The van der Waals surface area contributed by atoms with Crippen molar-refractivity contribution in [1.82, 2.24) is 5.32 Å². The van der Waals surface area contributed by atoms with Crippen LogP contribution in [-0.2, 0) is 16.9 Å². The molecule has 1 amide bonds. The smallest absolute Gasteiger partial charge is 0.244 e. The second-order valence-electron chi connectivity index (χ2n) is 5.90. The van der Waals surface area contributed by atoms with Gasteiger partial charge >= 0.3 is 0 Å². The molecule has 0 saturated heterocycles. The van der Waals surface area contributed by atoms with E-state index in [1.165, 1.54) is 0 Å². The summed E-state index contributed by atoms with van der Waals surface area (Å²) in [4.78, 5) is 12.6. The number of rotatable bonds is 4. The van der Waals surface area contributed by atoms with Crippen molar-refractivity contribution in [2.75, 3.05) is 0 Å². The molecule has 0 aromatic heterocycles. The number of benzene rings is 3. The molecule has 0 spiro atoms. The summed E-state index contributed by atoms with van der Waals surface area (Å²) >= 11 is 0. The molecule has 0 aliphatic carbocycles. The molecule has 3 aromatic rings. The molecule has 0 aliphatic heterocycles. The van der Waals surface area contributed by atoms with Gasteiger partial charge in [-0.05, 0) is 28.8 Å². The van der Waals surface area contributed by atoms with Gasteiger partial charge in [0, 0.05) is 6.54 Å². The van der Waals surface area contributed by atoms with Crippen molar-refractivity contribution in [3.05, 3.63) is 83.9 Å². The second kappa shape index (κ2) is 6.23. The maximum Gasteiger partial charge on any atom is 0.244 e. The number of hydrogen-bond acceptors (Lipinski definition) is 2. The number of amides is 1. The summed E-state index contributed by atoms with van der Waals surface area (Å²) in [7, 11) is 0. The zero-order valence-corrected chi connectivity index (χ0v) is 13.1. The van der Waals surface area contributed by atoms with Gasteiger partial charge in [0.2, 0.25) is 5.91 Å². The minimum atomic E-state index is -1.09. The van der Waals surface area contributed by atoms with Crippen LogP contribution in [0.25, 0.3) is 10.8 Å². The molecule has 0 bridgehead atoms. The lowest BCUT2D eigenvalue weighted by molar-refractivity contribution is -0.126. The predicted molar refractivity (Wildman–Crippen MR) is 93.8 cm³/mol. The first-order chi connectivity index (χ1) is 11.1. The fourth-order valence-corrected chi connectivity index (χ4v) is 2.76. The highest BCUT2D eigenvalue weighted by Gasteiger charge is 2.31. The van der Waals surface area contributed by atoms with E-state index >= 15 is 0 Å². The first-order valence-electron chi connectivity index (χ1n) is 7.68. The molecule has 23 heavy (non-hydrogen) atoms. The fraction of sp³-hybridized carbons (Fsp3) is 0.150. The van der Waals surface area contributed by atoms with E-state index < -0.39 is 5.54 Å². The molecule has 0 saturated carbocycles. The maximum atomic E-state index is 12.6. The van der Waals surface area contributed by atoms with E-state index in [2.05, 4.69) is 5.32 Å². The second-order valence-corrected chi connectivity index (χ2v) is 5.90. The van der Waals surface area contributed by atoms with Crippen LogP contribution in [0.4, 0.5) is 0 Å². The monoisotopic (exact) mass is 304 g/mol. The Bertz CT molecular complexity index is 820. The molecular weight excluding hydrogens is 284 g/mol. The van der Waals surface area contributed by atoms with Crippen LogP contribution >= 0.6 is 0 Å². The normalized spacial score (nSPS) is 13.5. The molecule has 3 N–H and O–H groups in total. The van der Waals surface area contributed by atoms with E-state index in [1.54, 1.807) is 6.92 Å². The Kier molecular flexibility index (Phi) is 4.13. The number of hydrogen-bond donors (Lipinski definition) is 2. The van der Waals surface area contributed by atoms with Gasteiger partial charge < -0.3 is 11.1 Å². The Hall–Kier alpha value is -2.65. The van der Waals surface area contributed by atoms with Crippen molar-refractivity contribution >= 4 is 16.7 Å². The lowest BCUT2D eigenvalue weighted by Crippen LogP contribution is -2.48. The molecular formula is C20H20N2O. The van der Waals surface area contributed by atoms with Gasteiger partial charge in [-0.2, -0.15) is 0 Å². The fourth-order valence-electron chi connectivity index (χ4n) is 2.76. The Morgan fingerprint density at radius 3 is 2.39 bits per heavy atom. The number of carbonyl (C=O) groups is 1. The van der Waals surface area contributed by atoms with Crippen molar-refractivity contribution in [3.63, 3.8) is 0 Å². The molecule has 3 nitrogen and oxygen atoms in total. The summed E-state index contributed by atoms with van der Waals surface area (Å²) < 4.78 is 0. The van der Waals surface area contributed by atoms with E-state index in [0.29, 0.717) is 6.54 Å². The number of fused-ring (bicyclic) bond motifs is 1. The summed E-state index contributed by atoms with van der Waals surface area (Å²) in [6, 6.07) is 23.7. The predicted octanol–water partition coefficient (Wildman–Crippen LogP) is 3.33. The maximum absolute atomic E-state index is 12.6. The molecule has 0 radical (unpaired) electrons. The van der Waals surface area contributed by atoms with Crippen LogP contribution in [-0.4, -0.2) is 5.91 Å². The van der Waals surface area contributed by atoms with Crippen LogP contribution in [0, 0.1) is 0 Å². The molecule has 0 aliphatic rings. The van der Waals surface area contributed by atoms with E-state index in [-0.39, 0.29) is 5.91 Å². The van der Waals surface area contributed by atoms with Gasteiger partial charge in [0.25, 0.3) is 0 Å². The summed E-state index contributed by atoms with van der Waals surface area (Å²) in [6.45, 7) is 2.23. The Morgan fingerprint density at radius 1 is 0.957 bits per heavy atom. The van der Waals surface area contributed by atoms with E-state index in [0.717, 1.165) is 21.9 Å². The molecule has 0 fully saturated rings. The lowest BCUT2D eigenvalue weighted by Gasteiger charge is -2.25. The first kappa shape index (κ1) is 15.3. The first-order valence-corrected chi connectivity index (χ1v) is 7.68. The highest BCUT2D eigenvalue weighted by Crippen LogP contribution is 2.27. The van der Waals surface area contributed by atoms with Gasteiger partial charge in [0.15, 0.2) is 0 Å². The average Bonchev–Trinajstić information content (AvgIpc) is 2.60. The third kappa shape index (κ3) is 3.10. The summed E-state index contributed by atoms with van der Waals surface area (Å²) in [5.74, 6) is -0.183. The highest BCUT2D eigenvalue weighted by molar-refractivity contribution is 5.95. The van der Waals surface area contributed by atoms with Crippen LogP contribution < -0.4 is 11.1 Å². The van der Waals surface area contributed by atoms with Gasteiger partial charge in [-0.3, -0.25) is 4.79 Å². The standard InChI is InChI=1S/C20H20N2O/c1-20(21,19(23)22-14-15-8-3-2-4-9-15)18-13-7-11-16-10-5-6-12-17(16)18/h2-13H,14,21H2,1H3,(H,22,23)/t20-/m1/s1. The Morgan fingerprint density at radius 2 is 1.61 bits per heavy atom. The molecule has 0 unspecified atom stereocenters. The lowest BCUT2D eigenvalue weighted by atomic mass is 9.88. The third-order valence-electron chi connectivity index (χ3n) is 4.12. The third-order valence-corrected chi connectivity index (χ3v) is 4.12. The Labute approximate surface area is 136 Å². The highest BCUT2D eigenvalue weighted by atomic mass is 16.2. The number of nitrogens with one attached hydrogen (secondary N) is 1. The number of nitrogens with two attached hydrogens (primary N) is 1. The minimum Gasteiger partial charge on any atom is -0.350 e. The zero-order chi connectivity index (χ0) is 16.3. The topological polar surface area (TPSA) is 55.1 Å². The summed E-state index contributed by atoms with van der Waals surface area (Å²) in [5, 5.41) is 5.03. The van der Waals surface area contributed by atoms with Gasteiger partial charge in [-0.1, -0.05) is 72.8 Å². The van der Waals surface area contributed by atoms with Crippen molar-refractivity contribution in [2.24, 2.45) is 5.73 Å². The van der Waals surface area contributed by atoms with Gasteiger partial charge in [0.1, 0.15) is 5.54 Å². The Balaban J connectivity index is 1.86. The van der Waals surface area contributed by atoms with Gasteiger partial charge in [-0.15, -0.1) is 0 Å². The van der Waals surface area contributed by atoms with Gasteiger partial charge in [0.05, 0.1) is 0 Å². The minimum absolute atomic E-state index is 0.183. The van der Waals surface area contributed by atoms with Gasteiger partial charge in [-0.25, -0.2) is 0 Å². The van der Waals surface area contributed by atoms with Crippen LogP contribution in [0.5, 0.6) is 0 Å². The quantitative estimate of drug-likeness (QED) is 0.777. The average molecular weight is 304 g/mol. The SMILES string of the molecule is C[C@](N)(C(=O)NCc1ccccc1)c1cccc2ccccc12. The van der Waals surface area contributed by atoms with E-state index in [4.69, 9.17) is 5.73 Å². The van der Waals surface area contributed by atoms with Crippen molar-refractivity contribution in [3.8, 4) is 0 Å². The summed E-state index contributed by atoms with van der Waals surface area (Å²) in [6.07, 6.45) is 0. The molecule has 3 rings (SSSR count). The van der Waals surface area contributed by atoms with Crippen molar-refractivity contribution in [1.29, 1.82) is 0 Å². The number of carbonyl (C=O) groups excluding carboxylic acids is 1. The molecule has 1 atom stereocenters. The van der Waals surface area contributed by atoms with E-state index in [1.807, 2.05) is 72.8 Å².